The van der Waals surface area contributed by atoms with E-state index in [2.05, 4.69) is 13.8 Å². The standard InChI is InChI=1S/C16H22O4/c1-5-6-15(17)20-13-8-7-11(18-4)9-12(13)16(2,3)14-10-19-14/h7-9,14H,5-6,10H2,1-4H3. The normalized spacial score (nSPS) is 17.7. The molecule has 1 aliphatic rings. The van der Waals surface area contributed by atoms with Crippen LogP contribution >= 0.6 is 0 Å². The number of benzene rings is 1. The molecule has 1 aromatic carbocycles. The van der Waals surface area contributed by atoms with Crippen molar-refractivity contribution in [3.63, 3.8) is 0 Å². The number of epoxide rings is 1. The summed E-state index contributed by atoms with van der Waals surface area (Å²) in [6.07, 6.45) is 1.36. The van der Waals surface area contributed by atoms with Gasteiger partial charge >= 0.3 is 5.97 Å². The fraction of sp³-hybridized carbons (Fsp3) is 0.562. The van der Waals surface area contributed by atoms with Gasteiger partial charge in [-0.15, -0.1) is 0 Å². The topological polar surface area (TPSA) is 48.1 Å². The molecule has 1 unspecified atom stereocenters. The third kappa shape index (κ3) is 3.12. The van der Waals surface area contributed by atoms with Gasteiger partial charge in [-0.3, -0.25) is 4.79 Å². The molecular formula is C16H22O4. The van der Waals surface area contributed by atoms with Gasteiger partial charge in [0.05, 0.1) is 19.8 Å². The molecule has 0 spiro atoms. The van der Waals surface area contributed by atoms with Crippen LogP contribution in [0.3, 0.4) is 0 Å². The lowest BCUT2D eigenvalue weighted by atomic mass is 9.81. The van der Waals surface area contributed by atoms with Crippen LogP contribution in [0.25, 0.3) is 0 Å². The number of esters is 1. The van der Waals surface area contributed by atoms with Crippen LogP contribution in [0.4, 0.5) is 0 Å². The van der Waals surface area contributed by atoms with Crippen molar-refractivity contribution in [2.24, 2.45) is 0 Å². The van der Waals surface area contributed by atoms with E-state index in [1.54, 1.807) is 13.2 Å². The van der Waals surface area contributed by atoms with E-state index in [0.29, 0.717) is 12.2 Å². The molecule has 0 N–H and O–H groups in total. The van der Waals surface area contributed by atoms with Gasteiger partial charge in [0, 0.05) is 17.4 Å². The number of methoxy groups -OCH3 is 1. The predicted octanol–water partition coefficient (Wildman–Crippen LogP) is 3.08. The second kappa shape index (κ2) is 5.83. The third-order valence-corrected chi connectivity index (χ3v) is 3.70. The van der Waals surface area contributed by atoms with Crippen molar-refractivity contribution in [2.75, 3.05) is 13.7 Å². The smallest absolute Gasteiger partial charge is 0.311 e. The zero-order valence-corrected chi connectivity index (χ0v) is 12.6. The van der Waals surface area contributed by atoms with Crippen molar-refractivity contribution >= 4 is 5.97 Å². The summed E-state index contributed by atoms with van der Waals surface area (Å²) in [5.41, 5.74) is 0.736. The van der Waals surface area contributed by atoms with Crippen molar-refractivity contribution in [3.05, 3.63) is 23.8 Å². The van der Waals surface area contributed by atoms with Gasteiger partial charge in [0.2, 0.25) is 0 Å². The zero-order chi connectivity index (χ0) is 14.8. The molecule has 1 saturated heterocycles. The molecule has 0 radical (unpaired) electrons. The van der Waals surface area contributed by atoms with Gasteiger partial charge in [0.1, 0.15) is 11.5 Å². The molecule has 20 heavy (non-hydrogen) atoms. The van der Waals surface area contributed by atoms with E-state index in [0.717, 1.165) is 24.3 Å². The maximum absolute atomic E-state index is 11.7. The Morgan fingerprint density at radius 3 is 2.70 bits per heavy atom. The van der Waals surface area contributed by atoms with Crippen molar-refractivity contribution in [3.8, 4) is 11.5 Å². The first-order valence-corrected chi connectivity index (χ1v) is 6.99. The average molecular weight is 278 g/mol. The molecule has 110 valence electrons. The third-order valence-electron chi connectivity index (χ3n) is 3.70. The Hall–Kier alpha value is -1.55. The lowest BCUT2D eigenvalue weighted by Crippen LogP contribution is -2.26. The summed E-state index contributed by atoms with van der Waals surface area (Å²) >= 11 is 0. The molecule has 0 aliphatic carbocycles. The number of rotatable bonds is 6. The molecule has 0 bridgehead atoms. The molecule has 4 nitrogen and oxygen atoms in total. The minimum Gasteiger partial charge on any atom is -0.497 e. The predicted molar refractivity (Wildman–Crippen MR) is 76.3 cm³/mol. The summed E-state index contributed by atoms with van der Waals surface area (Å²) in [5, 5.41) is 0. The SMILES string of the molecule is CCCC(=O)Oc1ccc(OC)cc1C(C)(C)C1CO1. The summed E-state index contributed by atoms with van der Waals surface area (Å²) in [5.74, 6) is 1.15. The number of ether oxygens (including phenoxy) is 3. The zero-order valence-electron chi connectivity index (χ0n) is 12.6. The van der Waals surface area contributed by atoms with Crippen LogP contribution < -0.4 is 9.47 Å². The molecule has 4 heteroatoms. The van der Waals surface area contributed by atoms with Crippen LogP contribution in [0.5, 0.6) is 11.5 Å². The molecule has 1 aromatic rings. The molecule has 2 rings (SSSR count). The van der Waals surface area contributed by atoms with E-state index in [4.69, 9.17) is 14.2 Å². The molecule has 0 amide bonds. The van der Waals surface area contributed by atoms with Crippen molar-refractivity contribution in [2.45, 2.75) is 45.1 Å². The Bertz CT molecular complexity index is 489. The van der Waals surface area contributed by atoms with Crippen LogP contribution in [0.2, 0.25) is 0 Å². The second-order valence-corrected chi connectivity index (χ2v) is 5.63. The first-order chi connectivity index (χ1) is 9.48. The van der Waals surface area contributed by atoms with E-state index in [1.165, 1.54) is 0 Å². The molecular weight excluding hydrogens is 256 g/mol. The van der Waals surface area contributed by atoms with Crippen molar-refractivity contribution < 1.29 is 19.0 Å². The summed E-state index contributed by atoms with van der Waals surface area (Å²) < 4.78 is 16.2. The number of hydrogen-bond donors (Lipinski definition) is 0. The average Bonchev–Trinajstić information content (AvgIpc) is 3.24. The summed E-state index contributed by atoms with van der Waals surface area (Å²) in [7, 11) is 1.63. The van der Waals surface area contributed by atoms with Crippen LogP contribution in [-0.4, -0.2) is 25.8 Å². The summed E-state index contributed by atoms with van der Waals surface area (Å²) in [6, 6.07) is 5.53. The van der Waals surface area contributed by atoms with E-state index in [1.807, 2.05) is 19.1 Å². The van der Waals surface area contributed by atoms with Gasteiger partial charge in [-0.1, -0.05) is 20.8 Å². The van der Waals surface area contributed by atoms with Crippen LogP contribution in [0.1, 0.15) is 39.2 Å². The Labute approximate surface area is 120 Å². The molecule has 0 aromatic heterocycles. The minimum absolute atomic E-state index is 0.165. The van der Waals surface area contributed by atoms with Gasteiger partial charge in [-0.25, -0.2) is 0 Å². The number of carbonyl (C=O) groups is 1. The monoisotopic (exact) mass is 278 g/mol. The first kappa shape index (κ1) is 14.9. The highest BCUT2D eigenvalue weighted by Crippen LogP contribution is 2.42. The quantitative estimate of drug-likeness (QED) is 0.456. The van der Waals surface area contributed by atoms with Crippen molar-refractivity contribution in [1.29, 1.82) is 0 Å². The highest BCUT2D eigenvalue weighted by Gasteiger charge is 2.42. The largest absolute Gasteiger partial charge is 0.497 e. The molecule has 0 saturated carbocycles. The number of hydrogen-bond acceptors (Lipinski definition) is 4. The van der Waals surface area contributed by atoms with Gasteiger partial charge < -0.3 is 14.2 Å². The fourth-order valence-electron chi connectivity index (χ4n) is 2.24. The van der Waals surface area contributed by atoms with Gasteiger partial charge in [-0.05, 0) is 24.6 Å². The van der Waals surface area contributed by atoms with E-state index < -0.39 is 0 Å². The fourth-order valence-corrected chi connectivity index (χ4v) is 2.24. The van der Waals surface area contributed by atoms with E-state index in [-0.39, 0.29) is 17.5 Å². The summed E-state index contributed by atoms with van der Waals surface area (Å²) in [4.78, 5) is 11.7. The Morgan fingerprint density at radius 2 is 2.15 bits per heavy atom. The maximum Gasteiger partial charge on any atom is 0.311 e. The molecule has 1 fully saturated rings. The Kier molecular flexibility index (Phi) is 4.33. The molecule has 1 aliphatic heterocycles. The van der Waals surface area contributed by atoms with Gasteiger partial charge in [0.25, 0.3) is 0 Å². The number of carbonyl (C=O) groups excluding carboxylic acids is 1. The van der Waals surface area contributed by atoms with Crippen molar-refractivity contribution in [1.82, 2.24) is 0 Å². The highest BCUT2D eigenvalue weighted by atomic mass is 16.6. The highest BCUT2D eigenvalue weighted by molar-refractivity contribution is 5.73. The molecule has 1 heterocycles. The van der Waals surface area contributed by atoms with Crippen LogP contribution in [0.15, 0.2) is 18.2 Å². The van der Waals surface area contributed by atoms with Crippen LogP contribution in [0, 0.1) is 0 Å². The Balaban J connectivity index is 2.32. The lowest BCUT2D eigenvalue weighted by Gasteiger charge is -2.25. The summed E-state index contributed by atoms with van der Waals surface area (Å²) in [6.45, 7) is 6.89. The maximum atomic E-state index is 11.7. The minimum atomic E-state index is -0.212. The second-order valence-electron chi connectivity index (χ2n) is 5.63. The van der Waals surface area contributed by atoms with E-state index >= 15 is 0 Å². The lowest BCUT2D eigenvalue weighted by molar-refractivity contribution is -0.134. The Morgan fingerprint density at radius 1 is 1.45 bits per heavy atom. The van der Waals surface area contributed by atoms with E-state index in [9.17, 15) is 4.79 Å². The van der Waals surface area contributed by atoms with Gasteiger partial charge in [-0.2, -0.15) is 0 Å². The first-order valence-electron chi connectivity index (χ1n) is 6.99. The van der Waals surface area contributed by atoms with Gasteiger partial charge in [0.15, 0.2) is 0 Å². The van der Waals surface area contributed by atoms with Crippen LogP contribution in [-0.2, 0) is 14.9 Å². The molecule has 1 atom stereocenters.